The van der Waals surface area contributed by atoms with Crippen molar-refractivity contribution in [1.29, 1.82) is 0 Å². The number of rotatable bonds is 1. The molecule has 0 aromatic heterocycles. The molecule has 4 nitrogen and oxygen atoms in total. The lowest BCUT2D eigenvalue weighted by Crippen LogP contribution is -2.43. The average molecular weight is 312 g/mol. The summed E-state index contributed by atoms with van der Waals surface area (Å²) < 4.78 is 0. The minimum atomic E-state index is -0.411. The number of nitrogens with zero attached hydrogens (tertiary/aromatic N) is 1. The summed E-state index contributed by atoms with van der Waals surface area (Å²) in [5.74, 6) is 0.0727. The Morgan fingerprint density at radius 3 is 2.77 bits per heavy atom. The summed E-state index contributed by atoms with van der Waals surface area (Å²) in [7, 11) is 0. The molecule has 2 aromatic rings. The molecular weight excluding hydrogens is 296 g/mol. The summed E-state index contributed by atoms with van der Waals surface area (Å²) in [6, 6.07) is 12.9. The number of urea groups is 1. The number of carbonyl (C=O) groups excluding carboxylic acids is 2. The van der Waals surface area contributed by atoms with Crippen LogP contribution in [-0.2, 0) is 4.79 Å². The summed E-state index contributed by atoms with van der Waals surface area (Å²) in [4.78, 5) is 26.9. The fourth-order valence-corrected chi connectivity index (χ4v) is 3.26. The van der Waals surface area contributed by atoms with Crippen molar-refractivity contribution in [1.82, 2.24) is 0 Å². The van der Waals surface area contributed by atoms with E-state index in [2.05, 4.69) is 5.32 Å². The zero-order valence-electron chi connectivity index (χ0n) is 12.4. The van der Waals surface area contributed by atoms with Crippen molar-refractivity contribution in [3.05, 3.63) is 53.6 Å². The van der Waals surface area contributed by atoms with Gasteiger partial charge in [-0.3, -0.25) is 4.79 Å². The lowest BCUT2D eigenvalue weighted by atomic mass is 10.1. The highest BCUT2D eigenvalue weighted by Gasteiger charge is 2.30. The molecule has 0 unspecified atom stereocenters. The molecule has 1 N–H and O–H groups in total. The maximum Gasteiger partial charge on any atom is 0.333 e. The van der Waals surface area contributed by atoms with E-state index in [4.69, 9.17) is 0 Å². The monoisotopic (exact) mass is 312 g/mol. The Morgan fingerprint density at radius 2 is 1.95 bits per heavy atom. The molecular formula is C17H16N2O2S. The second kappa shape index (κ2) is 5.85. The predicted molar refractivity (Wildman–Crippen MR) is 89.6 cm³/mol. The normalized spacial score (nSPS) is 13.7. The van der Waals surface area contributed by atoms with Crippen LogP contribution in [0.1, 0.15) is 11.1 Å². The quantitative estimate of drug-likeness (QED) is 0.866. The van der Waals surface area contributed by atoms with Gasteiger partial charge in [0, 0.05) is 10.6 Å². The zero-order chi connectivity index (χ0) is 15.7. The van der Waals surface area contributed by atoms with Crippen LogP contribution in [0.2, 0.25) is 0 Å². The summed E-state index contributed by atoms with van der Waals surface area (Å²) in [6.07, 6.45) is 0. The van der Waals surface area contributed by atoms with Gasteiger partial charge in [-0.15, -0.1) is 11.8 Å². The zero-order valence-corrected chi connectivity index (χ0v) is 13.2. The molecule has 0 spiro atoms. The maximum absolute atomic E-state index is 12.6. The first-order chi connectivity index (χ1) is 10.6. The molecule has 1 aliphatic rings. The van der Waals surface area contributed by atoms with E-state index in [1.54, 1.807) is 6.07 Å². The van der Waals surface area contributed by atoms with E-state index < -0.39 is 6.03 Å². The number of carbonyl (C=O) groups is 2. The molecule has 0 saturated carbocycles. The Labute approximate surface area is 133 Å². The number of nitrogens with one attached hydrogen (secondary N) is 1. The fourth-order valence-electron chi connectivity index (χ4n) is 2.37. The van der Waals surface area contributed by atoms with E-state index in [1.807, 2.05) is 50.2 Å². The second-order valence-electron chi connectivity index (χ2n) is 5.23. The molecule has 1 aliphatic heterocycles. The first kappa shape index (κ1) is 14.7. The molecule has 5 heteroatoms. The molecule has 1 heterocycles. The van der Waals surface area contributed by atoms with E-state index >= 15 is 0 Å². The number of amides is 3. The minimum Gasteiger partial charge on any atom is -0.307 e. The first-order valence-corrected chi connectivity index (χ1v) is 7.98. The van der Waals surface area contributed by atoms with Crippen molar-refractivity contribution < 1.29 is 9.59 Å². The van der Waals surface area contributed by atoms with Gasteiger partial charge in [-0.05, 0) is 43.2 Å². The third-order valence-electron chi connectivity index (χ3n) is 3.54. The largest absolute Gasteiger partial charge is 0.333 e. The van der Waals surface area contributed by atoms with E-state index in [9.17, 15) is 9.59 Å². The van der Waals surface area contributed by atoms with Crippen LogP contribution in [0.15, 0.2) is 47.4 Å². The van der Waals surface area contributed by atoms with Gasteiger partial charge in [0.2, 0.25) is 5.91 Å². The summed E-state index contributed by atoms with van der Waals surface area (Å²) in [5, 5.41) is 2.85. The van der Waals surface area contributed by atoms with Gasteiger partial charge in [-0.2, -0.15) is 0 Å². The van der Waals surface area contributed by atoms with E-state index in [0.29, 0.717) is 5.69 Å². The molecule has 22 heavy (non-hydrogen) atoms. The van der Waals surface area contributed by atoms with Crippen molar-refractivity contribution in [3.8, 4) is 0 Å². The van der Waals surface area contributed by atoms with E-state index in [-0.39, 0.29) is 11.7 Å². The van der Waals surface area contributed by atoms with E-state index in [1.165, 1.54) is 16.7 Å². The van der Waals surface area contributed by atoms with Crippen LogP contribution in [-0.4, -0.2) is 17.7 Å². The smallest absolute Gasteiger partial charge is 0.307 e. The van der Waals surface area contributed by atoms with Gasteiger partial charge < -0.3 is 5.32 Å². The highest BCUT2D eigenvalue weighted by Crippen LogP contribution is 2.35. The first-order valence-electron chi connectivity index (χ1n) is 6.99. The molecule has 0 bridgehead atoms. The molecule has 0 atom stereocenters. The molecule has 0 saturated heterocycles. The maximum atomic E-state index is 12.6. The van der Waals surface area contributed by atoms with Crippen molar-refractivity contribution >= 4 is 35.1 Å². The van der Waals surface area contributed by atoms with Gasteiger partial charge in [-0.25, -0.2) is 9.69 Å². The topological polar surface area (TPSA) is 49.4 Å². The van der Waals surface area contributed by atoms with Crippen LogP contribution >= 0.6 is 11.8 Å². The summed E-state index contributed by atoms with van der Waals surface area (Å²) in [5.41, 5.74) is 3.40. The number of imide groups is 1. The predicted octanol–water partition coefficient (Wildman–Crippen LogP) is 3.97. The summed E-state index contributed by atoms with van der Waals surface area (Å²) in [6.45, 7) is 3.89. The second-order valence-corrected chi connectivity index (χ2v) is 6.25. The minimum absolute atomic E-state index is 0.202. The molecule has 0 radical (unpaired) electrons. The number of fused-ring (bicyclic) bond motifs is 1. The Kier molecular flexibility index (Phi) is 3.90. The molecule has 3 amide bonds. The molecule has 112 valence electrons. The Hall–Kier alpha value is -2.27. The van der Waals surface area contributed by atoms with Crippen LogP contribution in [0.4, 0.5) is 16.2 Å². The van der Waals surface area contributed by atoms with Crippen LogP contribution in [0.25, 0.3) is 0 Å². The van der Waals surface area contributed by atoms with Gasteiger partial charge in [0.05, 0.1) is 11.4 Å². The Balaban J connectivity index is 1.92. The number of hydrogen-bond donors (Lipinski definition) is 1. The van der Waals surface area contributed by atoms with Gasteiger partial charge in [-0.1, -0.05) is 24.3 Å². The van der Waals surface area contributed by atoms with E-state index in [0.717, 1.165) is 21.7 Å². The van der Waals surface area contributed by atoms with Crippen molar-refractivity contribution in [3.63, 3.8) is 0 Å². The number of aryl methyl sites for hydroxylation is 2. The van der Waals surface area contributed by atoms with Crippen molar-refractivity contribution in [2.45, 2.75) is 18.7 Å². The van der Waals surface area contributed by atoms with Gasteiger partial charge in [0.15, 0.2) is 0 Å². The lowest BCUT2D eigenvalue weighted by Gasteiger charge is -2.27. The van der Waals surface area contributed by atoms with Crippen LogP contribution in [0.5, 0.6) is 0 Å². The van der Waals surface area contributed by atoms with Gasteiger partial charge >= 0.3 is 6.03 Å². The average Bonchev–Trinajstić information content (AvgIpc) is 2.50. The third-order valence-corrected chi connectivity index (χ3v) is 4.59. The van der Waals surface area contributed by atoms with Crippen LogP contribution in [0.3, 0.4) is 0 Å². The molecule has 0 aliphatic carbocycles. The van der Waals surface area contributed by atoms with Crippen molar-refractivity contribution in [2.75, 3.05) is 16.0 Å². The Bertz CT molecular complexity index is 758. The molecule has 2 aromatic carbocycles. The Morgan fingerprint density at radius 1 is 1.18 bits per heavy atom. The molecule has 3 rings (SSSR count). The van der Waals surface area contributed by atoms with Gasteiger partial charge in [0.1, 0.15) is 0 Å². The summed E-state index contributed by atoms with van der Waals surface area (Å²) >= 11 is 1.46. The highest BCUT2D eigenvalue weighted by atomic mass is 32.2. The fraction of sp³-hybridized carbons (Fsp3) is 0.176. The number of anilines is 2. The lowest BCUT2D eigenvalue weighted by molar-refractivity contribution is -0.115. The number of benzene rings is 2. The van der Waals surface area contributed by atoms with Crippen LogP contribution in [0, 0.1) is 13.8 Å². The van der Waals surface area contributed by atoms with Gasteiger partial charge in [0.25, 0.3) is 0 Å². The number of thioether (sulfide) groups is 1. The standard InChI is InChI=1S/C17H16N2O2S/c1-11-7-8-12(2)13(9-11)18-17(21)19-14-5-3-4-6-15(14)22-10-16(19)20/h3-9H,10H2,1-2H3,(H,18,21). The third kappa shape index (κ3) is 2.72. The number of hydrogen-bond acceptors (Lipinski definition) is 3. The number of para-hydroxylation sites is 1. The SMILES string of the molecule is Cc1ccc(C)c(NC(=O)N2C(=O)CSc3ccccc32)c1. The highest BCUT2D eigenvalue weighted by molar-refractivity contribution is 8.00. The van der Waals surface area contributed by atoms with Crippen LogP contribution < -0.4 is 10.2 Å². The van der Waals surface area contributed by atoms with Crippen molar-refractivity contribution in [2.24, 2.45) is 0 Å². The molecule has 0 fully saturated rings.